The number of methoxy groups -OCH3 is 1. The number of benzene rings is 1. The highest BCUT2D eigenvalue weighted by atomic mass is 16.5. The minimum absolute atomic E-state index is 0.608. The lowest BCUT2D eigenvalue weighted by Gasteiger charge is -1.96. The molecule has 0 aliphatic carbocycles. The van der Waals surface area contributed by atoms with Gasteiger partial charge in [-0.05, 0) is 18.7 Å². The molecule has 1 heterocycles. The third kappa shape index (κ3) is 1.56. The van der Waals surface area contributed by atoms with Crippen LogP contribution in [0.4, 0.5) is 0 Å². The molecule has 4 nitrogen and oxygen atoms in total. The lowest BCUT2D eigenvalue weighted by atomic mass is 10.3. The molecule has 2 rings (SSSR count). The Labute approximate surface area is 82.1 Å². The van der Waals surface area contributed by atoms with E-state index in [1.54, 1.807) is 7.11 Å². The Kier molecular flexibility index (Phi) is 2.37. The van der Waals surface area contributed by atoms with Gasteiger partial charge in [0.1, 0.15) is 11.6 Å². The van der Waals surface area contributed by atoms with E-state index in [-0.39, 0.29) is 0 Å². The zero-order valence-corrected chi connectivity index (χ0v) is 8.08. The van der Waals surface area contributed by atoms with Gasteiger partial charge < -0.3 is 15.5 Å². The maximum Gasteiger partial charge on any atom is 0.121 e. The van der Waals surface area contributed by atoms with Gasteiger partial charge in [0.15, 0.2) is 0 Å². The van der Waals surface area contributed by atoms with Crippen molar-refractivity contribution in [3.05, 3.63) is 24.0 Å². The molecule has 3 N–H and O–H groups in total. The molecule has 0 unspecified atom stereocenters. The van der Waals surface area contributed by atoms with Crippen LogP contribution >= 0.6 is 0 Å². The van der Waals surface area contributed by atoms with Crippen molar-refractivity contribution < 1.29 is 4.74 Å². The molecule has 1 aromatic heterocycles. The maximum atomic E-state index is 5.45. The van der Waals surface area contributed by atoms with Crippen LogP contribution in [0.25, 0.3) is 11.0 Å². The molecular weight excluding hydrogens is 178 g/mol. The summed E-state index contributed by atoms with van der Waals surface area (Å²) in [5.74, 6) is 1.75. The second-order valence-electron chi connectivity index (χ2n) is 3.11. The van der Waals surface area contributed by atoms with Gasteiger partial charge in [-0.2, -0.15) is 0 Å². The van der Waals surface area contributed by atoms with Crippen molar-refractivity contribution in [2.75, 3.05) is 13.7 Å². The lowest BCUT2D eigenvalue weighted by Crippen LogP contribution is -2.03. The average molecular weight is 191 g/mol. The van der Waals surface area contributed by atoms with Crippen LogP contribution in [0.1, 0.15) is 5.82 Å². The first-order chi connectivity index (χ1) is 6.83. The summed E-state index contributed by atoms with van der Waals surface area (Å²) in [7, 11) is 1.65. The van der Waals surface area contributed by atoms with Crippen LogP contribution in [-0.4, -0.2) is 23.6 Å². The minimum Gasteiger partial charge on any atom is -0.497 e. The van der Waals surface area contributed by atoms with Crippen molar-refractivity contribution in [1.82, 2.24) is 9.97 Å². The van der Waals surface area contributed by atoms with Crippen LogP contribution in [0, 0.1) is 0 Å². The monoisotopic (exact) mass is 191 g/mol. The quantitative estimate of drug-likeness (QED) is 0.762. The van der Waals surface area contributed by atoms with E-state index in [2.05, 4.69) is 9.97 Å². The number of imidazole rings is 1. The van der Waals surface area contributed by atoms with Crippen molar-refractivity contribution in [1.29, 1.82) is 0 Å². The van der Waals surface area contributed by atoms with E-state index in [1.807, 2.05) is 18.2 Å². The minimum atomic E-state index is 0.608. The molecule has 0 bridgehead atoms. The van der Waals surface area contributed by atoms with E-state index in [9.17, 15) is 0 Å². The molecule has 2 aromatic rings. The van der Waals surface area contributed by atoms with E-state index in [1.165, 1.54) is 0 Å². The van der Waals surface area contributed by atoms with Gasteiger partial charge >= 0.3 is 0 Å². The van der Waals surface area contributed by atoms with Crippen LogP contribution in [0.15, 0.2) is 18.2 Å². The summed E-state index contributed by atoms with van der Waals surface area (Å²) in [5, 5.41) is 0. The van der Waals surface area contributed by atoms with E-state index < -0.39 is 0 Å². The van der Waals surface area contributed by atoms with E-state index in [0.29, 0.717) is 6.54 Å². The molecular formula is C10H13N3O. The van der Waals surface area contributed by atoms with Crippen molar-refractivity contribution in [2.24, 2.45) is 5.73 Å². The fourth-order valence-electron chi connectivity index (χ4n) is 1.42. The van der Waals surface area contributed by atoms with Crippen LogP contribution in [0.5, 0.6) is 5.75 Å². The molecule has 4 heteroatoms. The van der Waals surface area contributed by atoms with Crippen molar-refractivity contribution in [3.8, 4) is 5.75 Å². The smallest absolute Gasteiger partial charge is 0.121 e. The summed E-state index contributed by atoms with van der Waals surface area (Å²) < 4.78 is 5.11. The van der Waals surface area contributed by atoms with Gasteiger partial charge in [0, 0.05) is 12.5 Å². The fraction of sp³-hybridized carbons (Fsp3) is 0.300. The molecule has 74 valence electrons. The second-order valence-corrected chi connectivity index (χ2v) is 3.11. The molecule has 0 aliphatic heterocycles. The Hall–Kier alpha value is -1.55. The molecule has 0 aliphatic rings. The first-order valence-corrected chi connectivity index (χ1v) is 4.56. The number of nitrogens with two attached hydrogens (primary N) is 1. The number of H-pyrrole nitrogens is 1. The Balaban J connectivity index is 2.43. The fourth-order valence-corrected chi connectivity index (χ4v) is 1.42. The van der Waals surface area contributed by atoms with Crippen molar-refractivity contribution in [2.45, 2.75) is 6.42 Å². The first kappa shape index (κ1) is 9.02. The zero-order chi connectivity index (χ0) is 9.97. The van der Waals surface area contributed by atoms with Crippen molar-refractivity contribution >= 4 is 11.0 Å². The Morgan fingerprint density at radius 2 is 2.36 bits per heavy atom. The summed E-state index contributed by atoms with van der Waals surface area (Å²) >= 11 is 0. The molecule has 1 aromatic carbocycles. The number of ether oxygens (including phenoxy) is 1. The number of aromatic amines is 1. The average Bonchev–Trinajstić information content (AvgIpc) is 2.59. The van der Waals surface area contributed by atoms with E-state index >= 15 is 0 Å². The summed E-state index contributed by atoms with van der Waals surface area (Å²) in [6.45, 7) is 0.608. The first-order valence-electron chi connectivity index (χ1n) is 4.56. The van der Waals surface area contributed by atoms with Crippen molar-refractivity contribution in [3.63, 3.8) is 0 Å². The van der Waals surface area contributed by atoms with Crippen LogP contribution in [-0.2, 0) is 6.42 Å². The summed E-state index contributed by atoms with van der Waals surface area (Å²) in [4.78, 5) is 7.60. The zero-order valence-electron chi connectivity index (χ0n) is 8.08. The molecule has 0 radical (unpaired) electrons. The SMILES string of the molecule is COc1ccc2[nH]c(CCN)nc2c1. The summed E-state index contributed by atoms with van der Waals surface area (Å²) in [5.41, 5.74) is 7.40. The highest BCUT2D eigenvalue weighted by Gasteiger charge is 2.02. The molecule has 0 spiro atoms. The number of nitrogens with one attached hydrogen (secondary N) is 1. The van der Waals surface area contributed by atoms with Gasteiger partial charge in [-0.15, -0.1) is 0 Å². The van der Waals surface area contributed by atoms with E-state index in [0.717, 1.165) is 29.0 Å². The number of nitrogens with zero attached hydrogens (tertiary/aromatic N) is 1. The number of aromatic nitrogens is 2. The van der Waals surface area contributed by atoms with Crippen LogP contribution in [0.2, 0.25) is 0 Å². The number of fused-ring (bicyclic) bond motifs is 1. The van der Waals surface area contributed by atoms with Gasteiger partial charge in [-0.1, -0.05) is 0 Å². The summed E-state index contributed by atoms with van der Waals surface area (Å²) in [6.07, 6.45) is 0.775. The largest absolute Gasteiger partial charge is 0.497 e. The third-order valence-electron chi connectivity index (χ3n) is 2.12. The highest BCUT2D eigenvalue weighted by molar-refractivity contribution is 5.76. The van der Waals surface area contributed by atoms with Gasteiger partial charge in [-0.25, -0.2) is 4.98 Å². The van der Waals surface area contributed by atoms with Gasteiger partial charge in [0.25, 0.3) is 0 Å². The molecule has 0 saturated heterocycles. The molecule has 0 saturated carbocycles. The Bertz CT molecular complexity index is 436. The predicted octanol–water partition coefficient (Wildman–Crippen LogP) is 1.07. The third-order valence-corrected chi connectivity index (χ3v) is 2.12. The Morgan fingerprint density at radius 1 is 1.50 bits per heavy atom. The standard InChI is InChI=1S/C10H13N3O/c1-14-7-2-3-8-9(6-7)13-10(12-8)4-5-11/h2-3,6H,4-5,11H2,1H3,(H,12,13). The molecule has 0 fully saturated rings. The van der Waals surface area contributed by atoms with E-state index in [4.69, 9.17) is 10.5 Å². The second kappa shape index (κ2) is 3.67. The number of hydrogen-bond donors (Lipinski definition) is 2. The van der Waals surface area contributed by atoms with Crippen LogP contribution < -0.4 is 10.5 Å². The molecule has 14 heavy (non-hydrogen) atoms. The normalized spacial score (nSPS) is 10.7. The van der Waals surface area contributed by atoms with Gasteiger partial charge in [0.2, 0.25) is 0 Å². The van der Waals surface area contributed by atoms with Crippen LogP contribution in [0.3, 0.4) is 0 Å². The van der Waals surface area contributed by atoms with Gasteiger partial charge in [0.05, 0.1) is 18.1 Å². The predicted molar refractivity (Wildman–Crippen MR) is 55.4 cm³/mol. The lowest BCUT2D eigenvalue weighted by molar-refractivity contribution is 0.415. The number of rotatable bonds is 3. The summed E-state index contributed by atoms with van der Waals surface area (Å²) in [6, 6.07) is 5.78. The Morgan fingerprint density at radius 3 is 3.07 bits per heavy atom. The van der Waals surface area contributed by atoms with Gasteiger partial charge in [-0.3, -0.25) is 0 Å². The molecule has 0 amide bonds. The molecule has 0 atom stereocenters. The maximum absolute atomic E-state index is 5.45. The number of hydrogen-bond acceptors (Lipinski definition) is 3. The highest BCUT2D eigenvalue weighted by Crippen LogP contribution is 2.18. The topological polar surface area (TPSA) is 63.9 Å².